The first-order chi connectivity index (χ1) is 10.2. The monoisotopic (exact) mass is 351 g/mol. The number of benzene rings is 1. The van der Waals surface area contributed by atoms with Crippen LogP contribution in [0, 0.1) is 0 Å². The predicted molar refractivity (Wildman–Crippen MR) is 84.7 cm³/mol. The molecule has 0 radical (unpaired) electrons. The minimum absolute atomic E-state index is 0.0331. The van der Waals surface area contributed by atoms with Gasteiger partial charge >= 0.3 is 0 Å². The lowest BCUT2D eigenvalue weighted by Gasteiger charge is -2.15. The lowest BCUT2D eigenvalue weighted by molar-refractivity contribution is 0.269. The maximum atomic E-state index is 9.25. The van der Waals surface area contributed by atoms with Crippen LogP contribution in [0.25, 0.3) is 0 Å². The van der Waals surface area contributed by atoms with Crippen LogP contribution in [0.4, 0.5) is 0 Å². The molecular weight excluding hydrogens is 334 g/mol. The smallest absolute Gasteiger partial charge is 0.175 e. The second-order valence-corrected chi connectivity index (χ2v) is 5.31. The summed E-state index contributed by atoms with van der Waals surface area (Å²) in [6.07, 6.45) is 4.35. The molecule has 112 valence electrons. The van der Waals surface area contributed by atoms with E-state index >= 15 is 0 Å². The first-order valence-corrected chi connectivity index (χ1v) is 7.61. The van der Waals surface area contributed by atoms with E-state index in [1.54, 1.807) is 12.3 Å². The van der Waals surface area contributed by atoms with Crippen molar-refractivity contribution in [2.75, 3.05) is 13.2 Å². The van der Waals surface area contributed by atoms with Gasteiger partial charge < -0.3 is 14.6 Å². The molecule has 4 nitrogen and oxygen atoms in total. The molecule has 0 aliphatic carbocycles. The van der Waals surface area contributed by atoms with E-state index in [1.165, 1.54) is 0 Å². The van der Waals surface area contributed by atoms with E-state index in [-0.39, 0.29) is 6.61 Å². The Labute approximate surface area is 132 Å². The summed E-state index contributed by atoms with van der Waals surface area (Å²) in [5.74, 6) is 1.31. The van der Waals surface area contributed by atoms with Gasteiger partial charge in [0.2, 0.25) is 0 Å². The molecular formula is C16H18BrNO3. The summed E-state index contributed by atoms with van der Waals surface area (Å²) in [7, 11) is 0. The highest BCUT2D eigenvalue weighted by atomic mass is 79.9. The summed E-state index contributed by atoms with van der Waals surface area (Å²) in [6, 6.07) is 7.56. The van der Waals surface area contributed by atoms with Gasteiger partial charge in [0.05, 0.1) is 24.3 Å². The zero-order valence-corrected chi connectivity index (χ0v) is 13.5. The van der Waals surface area contributed by atoms with Gasteiger partial charge in [0.15, 0.2) is 11.5 Å². The summed E-state index contributed by atoms with van der Waals surface area (Å²) in [4.78, 5) is 4.08. The Morgan fingerprint density at radius 2 is 2.10 bits per heavy atom. The van der Waals surface area contributed by atoms with Crippen LogP contribution in [-0.2, 0) is 13.0 Å². The largest absolute Gasteiger partial charge is 0.490 e. The van der Waals surface area contributed by atoms with E-state index < -0.39 is 0 Å². The number of pyridine rings is 1. The number of ether oxygens (including phenoxy) is 2. The molecule has 2 aromatic rings. The van der Waals surface area contributed by atoms with Gasteiger partial charge in [-0.2, -0.15) is 0 Å². The van der Waals surface area contributed by atoms with Gasteiger partial charge in [-0.1, -0.05) is 6.07 Å². The van der Waals surface area contributed by atoms with Crippen molar-refractivity contribution in [1.82, 2.24) is 4.98 Å². The highest BCUT2D eigenvalue weighted by molar-refractivity contribution is 9.10. The molecule has 0 aliphatic heterocycles. The molecule has 0 atom stereocenters. The van der Waals surface area contributed by atoms with Crippen molar-refractivity contribution in [1.29, 1.82) is 0 Å². The average Bonchev–Trinajstić information content (AvgIpc) is 2.51. The first kappa shape index (κ1) is 15.8. The fourth-order valence-corrected chi connectivity index (χ4v) is 2.54. The van der Waals surface area contributed by atoms with Crippen molar-refractivity contribution in [3.8, 4) is 11.5 Å². The molecule has 0 amide bonds. The van der Waals surface area contributed by atoms with Crippen molar-refractivity contribution in [2.24, 2.45) is 0 Å². The lowest BCUT2D eigenvalue weighted by atomic mass is 10.2. The van der Waals surface area contributed by atoms with Crippen molar-refractivity contribution >= 4 is 15.9 Å². The number of rotatable bonds is 7. The SMILES string of the molecule is CCOc1cc(CO)cc(Br)c1OCCc1cccnc1. The molecule has 1 N–H and O–H groups in total. The minimum Gasteiger partial charge on any atom is -0.490 e. The summed E-state index contributed by atoms with van der Waals surface area (Å²) in [5, 5.41) is 9.25. The van der Waals surface area contributed by atoms with Crippen molar-refractivity contribution in [3.05, 3.63) is 52.3 Å². The molecule has 21 heavy (non-hydrogen) atoms. The van der Waals surface area contributed by atoms with Gasteiger partial charge in [-0.05, 0) is 52.2 Å². The molecule has 1 aromatic heterocycles. The average molecular weight is 352 g/mol. The fourth-order valence-electron chi connectivity index (χ4n) is 1.93. The maximum absolute atomic E-state index is 9.25. The third-order valence-corrected chi connectivity index (χ3v) is 3.50. The molecule has 5 heteroatoms. The van der Waals surface area contributed by atoms with Gasteiger partial charge in [-0.25, -0.2) is 0 Å². The van der Waals surface area contributed by atoms with Crippen LogP contribution in [0.3, 0.4) is 0 Å². The van der Waals surface area contributed by atoms with Crippen molar-refractivity contribution in [2.45, 2.75) is 20.0 Å². The Morgan fingerprint density at radius 1 is 1.24 bits per heavy atom. The number of aromatic nitrogens is 1. The standard InChI is InChI=1S/C16H18BrNO3/c1-2-20-15-9-13(11-19)8-14(17)16(15)21-7-5-12-4-3-6-18-10-12/h3-4,6,8-10,19H,2,5,7,11H2,1H3. The zero-order valence-electron chi connectivity index (χ0n) is 11.9. The Kier molecular flexibility index (Phi) is 6.02. The fraction of sp³-hybridized carbons (Fsp3) is 0.312. The molecule has 1 aromatic carbocycles. The van der Waals surface area contributed by atoms with E-state index in [2.05, 4.69) is 20.9 Å². The molecule has 0 fully saturated rings. The number of aliphatic hydroxyl groups excluding tert-OH is 1. The van der Waals surface area contributed by atoms with Gasteiger partial charge in [0, 0.05) is 18.8 Å². The highest BCUT2D eigenvalue weighted by Gasteiger charge is 2.12. The van der Waals surface area contributed by atoms with E-state index in [9.17, 15) is 5.11 Å². The van der Waals surface area contributed by atoms with Crippen LogP contribution >= 0.6 is 15.9 Å². The third kappa shape index (κ3) is 4.44. The zero-order chi connectivity index (χ0) is 15.1. The van der Waals surface area contributed by atoms with Gasteiger partial charge in [-0.3, -0.25) is 4.98 Å². The Morgan fingerprint density at radius 3 is 2.76 bits per heavy atom. The van der Waals surface area contributed by atoms with E-state index in [1.807, 2.05) is 31.3 Å². The number of aliphatic hydroxyl groups is 1. The van der Waals surface area contributed by atoms with Crippen molar-refractivity contribution < 1.29 is 14.6 Å². The number of hydrogen-bond donors (Lipinski definition) is 1. The molecule has 0 unspecified atom stereocenters. The van der Waals surface area contributed by atoms with Crippen LogP contribution in [0.1, 0.15) is 18.1 Å². The molecule has 0 bridgehead atoms. The number of hydrogen-bond acceptors (Lipinski definition) is 4. The Hall–Kier alpha value is -1.59. The predicted octanol–water partition coefficient (Wildman–Crippen LogP) is 3.36. The van der Waals surface area contributed by atoms with Crippen LogP contribution < -0.4 is 9.47 Å². The van der Waals surface area contributed by atoms with E-state index in [0.717, 1.165) is 22.0 Å². The quantitative estimate of drug-likeness (QED) is 0.830. The Balaban J connectivity index is 2.07. The molecule has 0 saturated heterocycles. The topological polar surface area (TPSA) is 51.6 Å². The Bertz CT molecular complexity index is 575. The first-order valence-electron chi connectivity index (χ1n) is 6.82. The second kappa shape index (κ2) is 8.00. The molecule has 1 heterocycles. The summed E-state index contributed by atoms with van der Waals surface area (Å²) < 4.78 is 12.2. The minimum atomic E-state index is -0.0331. The molecule has 2 rings (SSSR count). The highest BCUT2D eigenvalue weighted by Crippen LogP contribution is 2.37. The van der Waals surface area contributed by atoms with Crippen LogP contribution in [0.5, 0.6) is 11.5 Å². The normalized spacial score (nSPS) is 10.4. The van der Waals surface area contributed by atoms with Crippen LogP contribution in [0.15, 0.2) is 41.1 Å². The summed E-state index contributed by atoms with van der Waals surface area (Å²) >= 11 is 3.47. The molecule has 0 spiro atoms. The van der Waals surface area contributed by atoms with Gasteiger partial charge in [0.1, 0.15) is 0 Å². The maximum Gasteiger partial charge on any atom is 0.175 e. The van der Waals surface area contributed by atoms with Crippen molar-refractivity contribution in [3.63, 3.8) is 0 Å². The van der Waals surface area contributed by atoms with Gasteiger partial charge in [-0.15, -0.1) is 0 Å². The van der Waals surface area contributed by atoms with E-state index in [0.29, 0.717) is 24.7 Å². The van der Waals surface area contributed by atoms with Crippen LogP contribution in [-0.4, -0.2) is 23.3 Å². The lowest BCUT2D eigenvalue weighted by Crippen LogP contribution is -2.05. The third-order valence-electron chi connectivity index (χ3n) is 2.91. The number of nitrogens with zero attached hydrogens (tertiary/aromatic N) is 1. The van der Waals surface area contributed by atoms with E-state index in [4.69, 9.17) is 9.47 Å². The van der Waals surface area contributed by atoms with Crippen LogP contribution in [0.2, 0.25) is 0 Å². The molecule has 0 saturated carbocycles. The summed E-state index contributed by atoms with van der Waals surface area (Å²) in [5.41, 5.74) is 1.91. The number of halogens is 1. The van der Waals surface area contributed by atoms with Gasteiger partial charge in [0.25, 0.3) is 0 Å². The second-order valence-electron chi connectivity index (χ2n) is 4.46. The molecule has 0 aliphatic rings. The summed E-state index contributed by atoms with van der Waals surface area (Å²) in [6.45, 7) is 2.96.